The van der Waals surface area contributed by atoms with Crippen molar-refractivity contribution in [1.29, 1.82) is 0 Å². The van der Waals surface area contributed by atoms with Crippen LogP contribution in [0.25, 0.3) is 5.69 Å². The lowest BCUT2D eigenvalue weighted by atomic mass is 10.2. The van der Waals surface area contributed by atoms with Crippen molar-refractivity contribution in [1.82, 2.24) is 15.1 Å². The van der Waals surface area contributed by atoms with E-state index in [9.17, 15) is 4.79 Å². The maximum absolute atomic E-state index is 12.1. The second kappa shape index (κ2) is 7.73. The van der Waals surface area contributed by atoms with Gasteiger partial charge in [0.05, 0.1) is 5.69 Å². The third-order valence-electron chi connectivity index (χ3n) is 4.02. The summed E-state index contributed by atoms with van der Waals surface area (Å²) in [5.74, 6) is 0.851. The quantitative estimate of drug-likeness (QED) is 0.476. The first-order valence-corrected chi connectivity index (χ1v) is 10.6. The SMILES string of the molecule is O=C(NC1CC1)c1ccc(-n2nc(SCc3ccccc3)sc2=S)cc1. The second-order valence-corrected chi connectivity index (χ2v) is 8.96. The summed E-state index contributed by atoms with van der Waals surface area (Å²) in [6.07, 6.45) is 2.17. The summed E-state index contributed by atoms with van der Waals surface area (Å²) in [7, 11) is 0. The Morgan fingerprint density at radius 1 is 1.19 bits per heavy atom. The van der Waals surface area contributed by atoms with E-state index in [-0.39, 0.29) is 5.91 Å². The second-order valence-electron chi connectivity index (χ2n) is 6.11. The zero-order chi connectivity index (χ0) is 17.9. The molecule has 0 radical (unpaired) electrons. The third-order valence-corrected chi connectivity index (χ3v) is 6.46. The number of nitrogens with one attached hydrogen (secondary N) is 1. The Bertz CT molecular complexity index is 960. The van der Waals surface area contributed by atoms with Crippen LogP contribution >= 0.6 is 35.3 Å². The van der Waals surface area contributed by atoms with Crippen LogP contribution in [0.4, 0.5) is 0 Å². The third kappa shape index (κ3) is 4.23. The highest BCUT2D eigenvalue weighted by Crippen LogP contribution is 2.27. The van der Waals surface area contributed by atoms with Crippen molar-refractivity contribution in [3.05, 3.63) is 69.7 Å². The van der Waals surface area contributed by atoms with Gasteiger partial charge in [0.2, 0.25) is 0 Å². The minimum Gasteiger partial charge on any atom is -0.349 e. The first-order chi connectivity index (χ1) is 12.7. The molecule has 0 spiro atoms. The van der Waals surface area contributed by atoms with Crippen LogP contribution in [0.3, 0.4) is 0 Å². The fourth-order valence-electron chi connectivity index (χ4n) is 2.45. The first-order valence-electron chi connectivity index (χ1n) is 8.37. The van der Waals surface area contributed by atoms with Crippen LogP contribution in [0.15, 0.2) is 58.9 Å². The molecule has 0 bridgehead atoms. The Kier molecular flexibility index (Phi) is 5.19. The van der Waals surface area contributed by atoms with E-state index in [0.717, 1.165) is 28.6 Å². The average Bonchev–Trinajstić information content (AvgIpc) is 3.41. The van der Waals surface area contributed by atoms with Crippen molar-refractivity contribution in [2.75, 3.05) is 0 Å². The lowest BCUT2D eigenvalue weighted by Crippen LogP contribution is -2.25. The van der Waals surface area contributed by atoms with E-state index >= 15 is 0 Å². The van der Waals surface area contributed by atoms with Crippen LogP contribution in [0, 0.1) is 3.95 Å². The van der Waals surface area contributed by atoms with Crippen LogP contribution in [0.1, 0.15) is 28.8 Å². The van der Waals surface area contributed by atoms with Gasteiger partial charge < -0.3 is 5.32 Å². The molecule has 1 amide bonds. The standard InChI is InChI=1S/C19H17N3OS3/c23-17(20-15-8-9-15)14-6-10-16(11-7-14)22-19(24)26-18(21-22)25-12-13-4-2-1-3-5-13/h1-7,10-11,15H,8-9,12H2,(H,20,23). The van der Waals surface area contributed by atoms with Gasteiger partial charge in [-0.25, -0.2) is 4.68 Å². The summed E-state index contributed by atoms with van der Waals surface area (Å²) in [6, 6.07) is 18.1. The van der Waals surface area contributed by atoms with E-state index in [1.807, 2.05) is 42.5 Å². The van der Waals surface area contributed by atoms with Gasteiger partial charge in [-0.15, -0.1) is 5.10 Å². The highest BCUT2D eigenvalue weighted by molar-refractivity contribution is 8.00. The van der Waals surface area contributed by atoms with Crippen molar-refractivity contribution in [3.63, 3.8) is 0 Å². The van der Waals surface area contributed by atoms with E-state index in [4.69, 9.17) is 12.2 Å². The molecule has 0 atom stereocenters. The Hall–Kier alpha value is -1.96. The molecule has 1 heterocycles. The minimum absolute atomic E-state index is 0.0139. The predicted molar refractivity (Wildman–Crippen MR) is 109 cm³/mol. The Morgan fingerprint density at radius 2 is 1.92 bits per heavy atom. The molecule has 0 aliphatic heterocycles. The number of rotatable bonds is 6. The number of hydrogen-bond acceptors (Lipinski definition) is 5. The van der Waals surface area contributed by atoms with Gasteiger partial charge in [-0.05, 0) is 54.9 Å². The Morgan fingerprint density at radius 3 is 2.62 bits per heavy atom. The number of amides is 1. The number of thioether (sulfide) groups is 1. The van der Waals surface area contributed by atoms with Gasteiger partial charge in [0.25, 0.3) is 5.91 Å². The molecule has 0 unspecified atom stereocenters. The lowest BCUT2D eigenvalue weighted by Gasteiger charge is -2.05. The number of carbonyl (C=O) groups is 1. The van der Waals surface area contributed by atoms with E-state index < -0.39 is 0 Å². The molecule has 3 aromatic rings. The summed E-state index contributed by atoms with van der Waals surface area (Å²) in [6.45, 7) is 0. The van der Waals surface area contributed by atoms with Crippen molar-refractivity contribution >= 4 is 41.2 Å². The fraction of sp³-hybridized carbons (Fsp3) is 0.211. The average molecular weight is 400 g/mol. The Labute approximate surface area is 165 Å². The zero-order valence-corrected chi connectivity index (χ0v) is 16.4. The summed E-state index contributed by atoms with van der Waals surface area (Å²) in [5.41, 5.74) is 2.80. The van der Waals surface area contributed by atoms with Gasteiger partial charge >= 0.3 is 0 Å². The van der Waals surface area contributed by atoms with Crippen molar-refractivity contribution in [3.8, 4) is 5.69 Å². The first kappa shape index (κ1) is 17.5. The van der Waals surface area contributed by atoms with Crippen molar-refractivity contribution in [2.45, 2.75) is 29.0 Å². The molecule has 7 heteroatoms. The molecule has 1 aromatic heterocycles. The number of hydrogen-bond donors (Lipinski definition) is 1. The van der Waals surface area contributed by atoms with Gasteiger partial charge in [0, 0.05) is 17.4 Å². The van der Waals surface area contributed by atoms with Crippen molar-refractivity contribution < 1.29 is 4.79 Å². The summed E-state index contributed by atoms with van der Waals surface area (Å²) >= 11 is 8.65. The van der Waals surface area contributed by atoms with Crippen molar-refractivity contribution in [2.24, 2.45) is 0 Å². The molecule has 4 nitrogen and oxygen atoms in total. The molecular weight excluding hydrogens is 382 g/mol. The number of aromatic nitrogens is 2. The summed E-state index contributed by atoms with van der Waals surface area (Å²) in [4.78, 5) is 12.1. The molecular formula is C19H17N3OS3. The number of carbonyl (C=O) groups excluding carboxylic acids is 1. The fourth-order valence-corrected chi connectivity index (χ4v) is 4.77. The predicted octanol–water partition coefficient (Wildman–Crippen LogP) is 4.85. The molecule has 1 fully saturated rings. The molecule has 1 aliphatic rings. The number of benzene rings is 2. The van der Waals surface area contributed by atoms with Crippen LogP contribution < -0.4 is 5.32 Å². The molecule has 0 saturated heterocycles. The smallest absolute Gasteiger partial charge is 0.251 e. The van der Waals surface area contributed by atoms with E-state index in [2.05, 4.69) is 22.5 Å². The lowest BCUT2D eigenvalue weighted by molar-refractivity contribution is 0.0951. The highest BCUT2D eigenvalue weighted by atomic mass is 32.2. The zero-order valence-electron chi connectivity index (χ0n) is 13.9. The molecule has 26 heavy (non-hydrogen) atoms. The molecule has 2 aromatic carbocycles. The van der Waals surface area contributed by atoms with E-state index in [1.165, 1.54) is 16.9 Å². The molecule has 1 N–H and O–H groups in total. The van der Waals surface area contributed by atoms with Crippen LogP contribution in [-0.4, -0.2) is 21.7 Å². The molecule has 4 rings (SSSR count). The van der Waals surface area contributed by atoms with Crippen LogP contribution in [-0.2, 0) is 5.75 Å². The minimum atomic E-state index is -0.0139. The normalized spacial score (nSPS) is 13.5. The van der Waals surface area contributed by atoms with Gasteiger partial charge in [-0.2, -0.15) is 0 Å². The van der Waals surface area contributed by atoms with Crippen LogP contribution in [0.5, 0.6) is 0 Å². The van der Waals surface area contributed by atoms with E-state index in [0.29, 0.717) is 15.6 Å². The van der Waals surface area contributed by atoms with Gasteiger partial charge in [-0.1, -0.05) is 53.4 Å². The maximum Gasteiger partial charge on any atom is 0.251 e. The molecule has 1 aliphatic carbocycles. The maximum atomic E-state index is 12.1. The van der Waals surface area contributed by atoms with Crippen LogP contribution in [0.2, 0.25) is 0 Å². The summed E-state index contributed by atoms with van der Waals surface area (Å²) in [5, 5.41) is 7.62. The monoisotopic (exact) mass is 399 g/mol. The van der Waals surface area contributed by atoms with Gasteiger partial charge in [0.1, 0.15) is 0 Å². The van der Waals surface area contributed by atoms with E-state index in [1.54, 1.807) is 16.4 Å². The Balaban J connectivity index is 1.46. The van der Waals surface area contributed by atoms with Gasteiger partial charge in [-0.3, -0.25) is 4.79 Å². The largest absolute Gasteiger partial charge is 0.349 e. The summed E-state index contributed by atoms with van der Waals surface area (Å²) < 4.78 is 3.40. The topological polar surface area (TPSA) is 46.9 Å². The highest BCUT2D eigenvalue weighted by Gasteiger charge is 2.23. The van der Waals surface area contributed by atoms with Gasteiger partial charge in [0.15, 0.2) is 8.29 Å². The molecule has 1 saturated carbocycles. The molecule has 132 valence electrons. The number of nitrogens with zero attached hydrogens (tertiary/aromatic N) is 2.